The second kappa shape index (κ2) is 13.0. The van der Waals surface area contributed by atoms with Gasteiger partial charge in [-0.15, -0.1) is 0 Å². The summed E-state index contributed by atoms with van der Waals surface area (Å²) in [7, 11) is 0. The van der Waals surface area contributed by atoms with Gasteiger partial charge in [-0.3, -0.25) is 14.5 Å². The summed E-state index contributed by atoms with van der Waals surface area (Å²) in [4.78, 5) is 31.8. The predicted molar refractivity (Wildman–Crippen MR) is 152 cm³/mol. The largest absolute Gasteiger partial charge is 0.490 e. The lowest BCUT2D eigenvalue weighted by Gasteiger charge is -2.52. The predicted octanol–water partition coefficient (Wildman–Crippen LogP) is 4.80. The van der Waals surface area contributed by atoms with E-state index in [2.05, 4.69) is 41.4 Å². The number of carbonyl (C=O) groups is 2. The van der Waals surface area contributed by atoms with Crippen LogP contribution in [0.3, 0.4) is 0 Å². The highest BCUT2D eigenvalue weighted by Crippen LogP contribution is 2.36. The summed E-state index contributed by atoms with van der Waals surface area (Å²) in [6, 6.07) is 7.68. The number of rotatable bonds is 9. The van der Waals surface area contributed by atoms with Crippen molar-refractivity contribution >= 4 is 11.8 Å². The van der Waals surface area contributed by atoms with E-state index < -0.39 is 17.7 Å². The Kier molecular flexibility index (Phi) is 9.49. The van der Waals surface area contributed by atoms with Gasteiger partial charge in [0, 0.05) is 26.2 Å². The molecule has 4 fully saturated rings. The minimum absolute atomic E-state index is 0.0677. The number of hydrogen-bond acceptors (Lipinski definition) is 5. The average Bonchev–Trinajstić information content (AvgIpc) is 2.98. The molecule has 1 aromatic carbocycles. The summed E-state index contributed by atoms with van der Waals surface area (Å²) in [6.45, 7) is 5.05. The van der Waals surface area contributed by atoms with Crippen molar-refractivity contribution in [2.45, 2.75) is 127 Å². The minimum atomic E-state index is -0.810. The van der Waals surface area contributed by atoms with Crippen molar-refractivity contribution in [2.75, 3.05) is 19.6 Å². The molecule has 7 nitrogen and oxygen atoms in total. The molecule has 0 unspecified atom stereocenters. The van der Waals surface area contributed by atoms with E-state index in [0.29, 0.717) is 25.5 Å². The molecule has 2 saturated carbocycles. The van der Waals surface area contributed by atoms with Crippen molar-refractivity contribution in [3.8, 4) is 5.75 Å². The Labute approximate surface area is 234 Å². The van der Waals surface area contributed by atoms with Crippen molar-refractivity contribution in [1.82, 2.24) is 15.1 Å². The van der Waals surface area contributed by atoms with Gasteiger partial charge in [-0.2, -0.15) is 0 Å². The third kappa shape index (κ3) is 6.45. The maximum Gasteiger partial charge on any atom is 0.248 e. The lowest BCUT2D eigenvalue weighted by molar-refractivity contribution is -0.166. The van der Waals surface area contributed by atoms with Crippen molar-refractivity contribution in [2.24, 2.45) is 5.92 Å². The molecule has 2 atom stereocenters. The molecule has 7 heteroatoms. The zero-order chi connectivity index (χ0) is 27.2. The summed E-state index contributed by atoms with van der Waals surface area (Å²) < 4.78 is 6.19. The van der Waals surface area contributed by atoms with Crippen LogP contribution in [0.1, 0.15) is 102 Å². The molecule has 2 aliphatic heterocycles. The minimum Gasteiger partial charge on any atom is -0.490 e. The van der Waals surface area contributed by atoms with E-state index in [-0.39, 0.29) is 17.7 Å². The summed E-state index contributed by atoms with van der Waals surface area (Å²) in [5.74, 6) is 0.901. The second-order valence-electron chi connectivity index (χ2n) is 12.5. The van der Waals surface area contributed by atoms with Gasteiger partial charge in [0.05, 0.1) is 12.2 Å². The summed E-state index contributed by atoms with van der Waals surface area (Å²) in [5, 5.41) is 14.2. The van der Waals surface area contributed by atoms with Crippen LogP contribution in [0.2, 0.25) is 0 Å². The Balaban J connectivity index is 1.20. The standard InChI is InChI=1S/C32H49N3O4/c1-2-3-20-35-30(37)28(29(36)25-10-6-4-7-11-25)33-31(38)32(35)18-21-34(22-19-32)23-24-14-16-27(17-15-24)39-26-12-8-5-9-13-26/h14-17,25-26,28-29,36H,2-13,18-23H2,1H3,(H,33,38)/t28-,29-/m1/s1. The van der Waals surface area contributed by atoms with Gasteiger partial charge in [0.25, 0.3) is 0 Å². The summed E-state index contributed by atoms with van der Waals surface area (Å²) in [6.07, 6.45) is 14.0. The Bertz CT molecular complexity index is 947. The zero-order valence-electron chi connectivity index (χ0n) is 23.9. The smallest absolute Gasteiger partial charge is 0.248 e. The second-order valence-corrected chi connectivity index (χ2v) is 12.5. The maximum atomic E-state index is 13.8. The van der Waals surface area contributed by atoms with E-state index in [1.54, 1.807) is 0 Å². The number of hydrogen-bond donors (Lipinski definition) is 2. The van der Waals surface area contributed by atoms with Crippen LogP contribution in [0, 0.1) is 5.92 Å². The van der Waals surface area contributed by atoms with Crippen molar-refractivity contribution < 1.29 is 19.4 Å². The number of piperazine rings is 1. The molecular weight excluding hydrogens is 490 g/mol. The van der Waals surface area contributed by atoms with Gasteiger partial charge < -0.3 is 20.1 Å². The van der Waals surface area contributed by atoms with Crippen LogP contribution in [-0.4, -0.2) is 70.1 Å². The number of carbonyl (C=O) groups excluding carboxylic acids is 2. The Morgan fingerprint density at radius 2 is 1.62 bits per heavy atom. The van der Waals surface area contributed by atoms with E-state index in [1.165, 1.54) is 31.2 Å². The van der Waals surface area contributed by atoms with E-state index in [4.69, 9.17) is 4.74 Å². The first-order valence-corrected chi connectivity index (χ1v) is 15.8. The zero-order valence-corrected chi connectivity index (χ0v) is 23.9. The molecule has 2 amide bonds. The van der Waals surface area contributed by atoms with Crippen LogP contribution in [-0.2, 0) is 16.1 Å². The fourth-order valence-electron chi connectivity index (χ4n) is 7.34. The number of piperidine rings is 1. The number of nitrogens with zero attached hydrogens (tertiary/aromatic N) is 2. The lowest BCUT2D eigenvalue weighted by atomic mass is 9.78. The van der Waals surface area contributed by atoms with E-state index in [1.807, 2.05) is 4.90 Å². The maximum absolute atomic E-state index is 13.8. The SMILES string of the molecule is CCCCN1C(=O)[C@@H]([C@H](O)C2CCCCC2)NC(=O)C12CCN(Cc1ccc(OC3CCCCC3)cc1)CC2. The van der Waals surface area contributed by atoms with Crippen LogP contribution in [0.4, 0.5) is 0 Å². The fourth-order valence-corrected chi connectivity index (χ4v) is 7.34. The average molecular weight is 540 g/mol. The summed E-state index contributed by atoms with van der Waals surface area (Å²) in [5.41, 5.74) is 0.438. The molecule has 1 spiro atoms. The van der Waals surface area contributed by atoms with Gasteiger partial charge in [0.15, 0.2) is 0 Å². The first kappa shape index (κ1) is 28.4. The van der Waals surface area contributed by atoms with E-state index in [9.17, 15) is 14.7 Å². The number of likely N-dealkylation sites (tertiary alicyclic amines) is 1. The molecule has 2 aliphatic carbocycles. The number of aliphatic hydroxyl groups is 1. The van der Waals surface area contributed by atoms with E-state index >= 15 is 0 Å². The topological polar surface area (TPSA) is 82.1 Å². The van der Waals surface area contributed by atoms with Gasteiger partial charge in [-0.25, -0.2) is 0 Å². The lowest BCUT2D eigenvalue weighted by Crippen LogP contribution is -2.75. The normalized spacial score (nSPS) is 26.0. The van der Waals surface area contributed by atoms with Gasteiger partial charge in [-0.05, 0) is 81.4 Å². The van der Waals surface area contributed by atoms with Crippen LogP contribution in [0.5, 0.6) is 5.75 Å². The number of ether oxygens (including phenoxy) is 1. The third-order valence-electron chi connectivity index (χ3n) is 9.84. The summed E-state index contributed by atoms with van der Waals surface area (Å²) >= 11 is 0. The van der Waals surface area contributed by atoms with E-state index in [0.717, 1.165) is 76.8 Å². The van der Waals surface area contributed by atoms with Crippen LogP contribution in [0.15, 0.2) is 24.3 Å². The first-order valence-electron chi connectivity index (χ1n) is 15.8. The molecule has 39 heavy (non-hydrogen) atoms. The van der Waals surface area contributed by atoms with Crippen LogP contribution < -0.4 is 10.1 Å². The molecular formula is C32H49N3O4. The fraction of sp³-hybridized carbons (Fsp3) is 0.750. The highest BCUT2D eigenvalue weighted by Gasteiger charge is 2.55. The highest BCUT2D eigenvalue weighted by atomic mass is 16.5. The quantitative estimate of drug-likeness (QED) is 0.471. The van der Waals surface area contributed by atoms with Gasteiger partial charge in [-0.1, -0.05) is 51.2 Å². The molecule has 2 heterocycles. The molecule has 0 radical (unpaired) electrons. The van der Waals surface area contributed by atoms with Gasteiger partial charge >= 0.3 is 0 Å². The number of amides is 2. The number of aliphatic hydroxyl groups excluding tert-OH is 1. The van der Waals surface area contributed by atoms with Crippen molar-refractivity contribution in [3.63, 3.8) is 0 Å². The van der Waals surface area contributed by atoms with Crippen molar-refractivity contribution in [3.05, 3.63) is 29.8 Å². The molecule has 2 N–H and O–H groups in total. The molecule has 0 aromatic heterocycles. The van der Waals surface area contributed by atoms with Gasteiger partial charge in [0.1, 0.15) is 17.3 Å². The van der Waals surface area contributed by atoms with Crippen LogP contribution >= 0.6 is 0 Å². The number of benzene rings is 1. The molecule has 216 valence electrons. The Morgan fingerprint density at radius 1 is 0.974 bits per heavy atom. The van der Waals surface area contributed by atoms with Crippen molar-refractivity contribution in [1.29, 1.82) is 0 Å². The molecule has 0 bridgehead atoms. The Morgan fingerprint density at radius 3 is 2.26 bits per heavy atom. The van der Waals surface area contributed by atoms with Gasteiger partial charge in [0.2, 0.25) is 11.8 Å². The monoisotopic (exact) mass is 539 g/mol. The molecule has 1 aromatic rings. The first-order chi connectivity index (χ1) is 19.0. The Hall–Kier alpha value is -2.12. The molecule has 2 saturated heterocycles. The molecule has 5 rings (SSSR count). The van der Waals surface area contributed by atoms with Crippen LogP contribution in [0.25, 0.3) is 0 Å². The highest BCUT2D eigenvalue weighted by molar-refractivity contribution is 6.00. The molecule has 4 aliphatic rings. The number of nitrogens with one attached hydrogen (secondary N) is 1. The third-order valence-corrected chi connectivity index (χ3v) is 9.84. The number of unbranched alkanes of at least 4 members (excludes halogenated alkanes) is 1.